The van der Waals surface area contributed by atoms with Crippen molar-refractivity contribution in [2.75, 3.05) is 53.4 Å². The Kier molecular flexibility index (Phi) is 19.1. The molecule has 0 aromatic heterocycles. The maximum absolute atomic E-state index is 11.4. The van der Waals surface area contributed by atoms with Crippen LogP contribution in [0.4, 0.5) is 52.7 Å². The Bertz CT molecular complexity index is 1260. The molecular formula is C22H40F12N4O8S4. The Morgan fingerprint density at radius 3 is 0.740 bits per heavy atom. The van der Waals surface area contributed by atoms with Crippen molar-refractivity contribution in [1.29, 1.82) is 0 Å². The molecule has 2 saturated heterocycles. The number of quaternary nitrogens is 2. The van der Waals surface area contributed by atoms with Gasteiger partial charge in [-0.1, -0.05) is 13.8 Å². The van der Waals surface area contributed by atoms with Crippen molar-refractivity contribution in [2.24, 2.45) is 0 Å². The molecule has 28 heteroatoms. The lowest BCUT2D eigenvalue weighted by molar-refractivity contribution is -0.914. The average Bonchev–Trinajstić information content (AvgIpc) is 2.87. The fourth-order valence-corrected chi connectivity index (χ4v) is 7.92. The van der Waals surface area contributed by atoms with Crippen molar-refractivity contribution in [3.8, 4) is 0 Å². The molecule has 304 valence electrons. The smallest absolute Gasteiger partial charge is 0.421 e. The topological polar surface area (TPSA) is 165 Å². The number of hydrogen-bond acceptors (Lipinski definition) is 8. The summed E-state index contributed by atoms with van der Waals surface area (Å²) in [5, 5.41) is 0. The van der Waals surface area contributed by atoms with E-state index in [-0.39, 0.29) is 0 Å². The van der Waals surface area contributed by atoms with Gasteiger partial charge in [-0.3, -0.25) is 0 Å². The lowest BCUT2D eigenvalue weighted by atomic mass is 10.1. The van der Waals surface area contributed by atoms with E-state index in [1.807, 2.05) is 0 Å². The predicted octanol–water partition coefficient (Wildman–Crippen LogP) is 6.17. The molecule has 0 saturated carbocycles. The summed E-state index contributed by atoms with van der Waals surface area (Å²) in [6, 6.07) is 0. The fraction of sp³-hybridized carbons (Fsp3) is 1.00. The molecule has 0 aliphatic carbocycles. The number of sulfonamides is 4. The minimum Gasteiger partial charge on any atom is -0.421 e. The molecule has 0 N–H and O–H groups in total. The molecule has 0 bridgehead atoms. The van der Waals surface area contributed by atoms with Gasteiger partial charge in [-0.25, -0.2) is 33.7 Å². The highest BCUT2D eigenvalue weighted by molar-refractivity contribution is 8.13. The van der Waals surface area contributed by atoms with Crippen LogP contribution < -0.4 is 0 Å². The van der Waals surface area contributed by atoms with Gasteiger partial charge < -0.3 is 17.2 Å². The number of alkyl halides is 12. The van der Waals surface area contributed by atoms with E-state index in [4.69, 9.17) is 0 Å². The van der Waals surface area contributed by atoms with E-state index >= 15 is 0 Å². The first-order valence-corrected chi connectivity index (χ1v) is 20.1. The second-order valence-electron chi connectivity index (χ2n) is 11.5. The van der Waals surface area contributed by atoms with E-state index in [0.29, 0.717) is 0 Å². The minimum absolute atomic E-state index is 0.778. The number of nitrogens with zero attached hydrogens (tertiary/aromatic N) is 4. The van der Waals surface area contributed by atoms with Gasteiger partial charge in [0, 0.05) is 0 Å². The van der Waals surface area contributed by atoms with E-state index in [1.165, 1.54) is 99.6 Å². The first kappa shape index (κ1) is 50.9. The Hall–Kier alpha value is -1.20. The van der Waals surface area contributed by atoms with Gasteiger partial charge in [0.1, 0.15) is 0 Å². The largest absolute Gasteiger partial charge is 0.480 e. The van der Waals surface area contributed by atoms with E-state index in [9.17, 15) is 86.4 Å². The number of likely N-dealkylation sites (tertiary alicyclic amines) is 2. The molecule has 2 rings (SSSR count). The van der Waals surface area contributed by atoms with Gasteiger partial charge in [0.05, 0.1) is 53.4 Å². The van der Waals surface area contributed by atoms with Crippen molar-refractivity contribution in [1.82, 2.24) is 0 Å². The van der Waals surface area contributed by atoms with Gasteiger partial charge in [-0.05, 0) is 51.4 Å². The fourth-order valence-electron chi connectivity index (χ4n) is 4.51. The monoisotopic (exact) mass is 844 g/mol. The van der Waals surface area contributed by atoms with Gasteiger partial charge in [0.2, 0.25) is 0 Å². The van der Waals surface area contributed by atoms with Crippen LogP contribution in [0.1, 0.15) is 65.2 Å². The lowest BCUT2D eigenvalue weighted by Gasteiger charge is -2.37. The lowest BCUT2D eigenvalue weighted by Crippen LogP contribution is -2.48. The van der Waals surface area contributed by atoms with Crippen LogP contribution in [-0.2, 0) is 40.1 Å². The van der Waals surface area contributed by atoms with Crippen molar-refractivity contribution in [2.45, 2.75) is 87.2 Å². The Balaban J connectivity index is 0. The highest BCUT2D eigenvalue weighted by Crippen LogP contribution is 2.37. The highest BCUT2D eigenvalue weighted by atomic mass is 32.3. The maximum atomic E-state index is 11.4. The van der Waals surface area contributed by atoms with Gasteiger partial charge >= 0.3 is 22.0 Å². The molecule has 2 aliphatic rings. The SMILES string of the molecule is CCC[N+]1(C)CCCCC1.CCC[N+]1(C)CCCCC1.O=S(=O)([N-]S(=O)(=O)C(F)(F)F)C(F)(F)F.O=S(=O)([N-]S(=O)(=O)C(F)(F)F)C(F)(F)F. The molecule has 0 radical (unpaired) electrons. The van der Waals surface area contributed by atoms with Crippen molar-refractivity contribution in [3.63, 3.8) is 0 Å². The third-order valence-electron chi connectivity index (χ3n) is 6.88. The van der Waals surface area contributed by atoms with Gasteiger partial charge in [-0.2, -0.15) is 52.7 Å². The summed E-state index contributed by atoms with van der Waals surface area (Å²) in [5.41, 5.74) is -24.8. The van der Waals surface area contributed by atoms with Crippen LogP contribution in [0.15, 0.2) is 0 Å². The Morgan fingerprint density at radius 2 is 0.600 bits per heavy atom. The summed E-state index contributed by atoms with van der Waals surface area (Å²) in [5.74, 6) is 0. The van der Waals surface area contributed by atoms with Gasteiger partial charge in [0.15, 0.2) is 40.1 Å². The molecule has 2 fully saturated rings. The highest BCUT2D eigenvalue weighted by Gasteiger charge is 2.48. The summed E-state index contributed by atoms with van der Waals surface area (Å²) in [4.78, 5) is 0. The van der Waals surface area contributed by atoms with Gasteiger partial charge in [-0.15, -0.1) is 0 Å². The zero-order valence-electron chi connectivity index (χ0n) is 27.1. The molecule has 0 spiro atoms. The second-order valence-corrected chi connectivity index (χ2v) is 18.4. The van der Waals surface area contributed by atoms with Crippen LogP contribution in [0.2, 0.25) is 0 Å². The van der Waals surface area contributed by atoms with Gasteiger partial charge in [0.25, 0.3) is 0 Å². The molecule has 0 aromatic rings. The molecule has 0 amide bonds. The van der Waals surface area contributed by atoms with E-state index in [0.717, 1.165) is 8.25 Å². The summed E-state index contributed by atoms with van der Waals surface area (Å²) in [6.07, 6.45) is 11.4. The second kappa shape index (κ2) is 18.7. The molecule has 50 heavy (non-hydrogen) atoms. The first-order chi connectivity index (χ1) is 21.9. The summed E-state index contributed by atoms with van der Waals surface area (Å²) in [7, 11) is -22.1. The third kappa shape index (κ3) is 17.5. The summed E-state index contributed by atoms with van der Waals surface area (Å²) >= 11 is 0. The number of halogens is 12. The van der Waals surface area contributed by atoms with Crippen LogP contribution in [0, 0.1) is 0 Å². The zero-order chi connectivity index (χ0) is 40.3. The van der Waals surface area contributed by atoms with Crippen molar-refractivity contribution < 1.29 is 95.3 Å². The van der Waals surface area contributed by atoms with Crippen LogP contribution in [0.25, 0.3) is 8.25 Å². The quantitative estimate of drug-likeness (QED) is 0.207. The molecule has 2 heterocycles. The van der Waals surface area contributed by atoms with E-state index in [2.05, 4.69) is 27.9 Å². The zero-order valence-corrected chi connectivity index (χ0v) is 30.4. The van der Waals surface area contributed by atoms with E-state index in [1.54, 1.807) is 0 Å². The summed E-state index contributed by atoms with van der Waals surface area (Å²) < 4.78 is 221. The number of piperidine rings is 2. The van der Waals surface area contributed by atoms with Crippen molar-refractivity contribution >= 4 is 40.1 Å². The number of hydrogen-bond donors (Lipinski definition) is 0. The third-order valence-corrected chi connectivity index (χ3v) is 12.4. The van der Waals surface area contributed by atoms with Crippen molar-refractivity contribution in [3.05, 3.63) is 8.25 Å². The van der Waals surface area contributed by atoms with Crippen LogP contribution in [0.3, 0.4) is 0 Å². The van der Waals surface area contributed by atoms with Crippen LogP contribution in [0.5, 0.6) is 0 Å². The minimum atomic E-state index is -6.72. The number of rotatable bonds is 8. The van der Waals surface area contributed by atoms with Crippen LogP contribution >= 0.6 is 0 Å². The average molecular weight is 845 g/mol. The summed E-state index contributed by atoms with van der Waals surface area (Å²) in [6.45, 7) is 13.1. The molecule has 0 atom stereocenters. The first-order valence-electron chi connectivity index (χ1n) is 14.4. The van der Waals surface area contributed by atoms with Crippen LogP contribution in [-0.4, -0.2) is 118 Å². The molecule has 0 unspecified atom stereocenters. The van der Waals surface area contributed by atoms with E-state index < -0.39 is 62.1 Å². The molecule has 12 nitrogen and oxygen atoms in total. The molecular weight excluding hydrogens is 805 g/mol. The molecule has 0 aromatic carbocycles. The Morgan fingerprint density at radius 1 is 0.420 bits per heavy atom. The molecule has 2 aliphatic heterocycles. The predicted molar refractivity (Wildman–Crippen MR) is 156 cm³/mol. The standard InChI is InChI=1S/2C9H20N.2C2F6NO4S2/c2*1-3-7-10(2)8-5-4-6-9-10;2*3-1(4,5)14(10,11)9-15(12,13)2(6,7)8/h2*3-9H2,1-2H3;;/q2*+1;2*-1. The normalized spacial score (nSPS) is 19.0. The maximum Gasteiger partial charge on any atom is 0.480 e. The Labute approximate surface area is 283 Å².